The molecule has 30 nitrogen and oxygen atoms in total. The number of nitrogens with one attached hydrogen (secondary N) is 5. The third-order valence-electron chi connectivity index (χ3n) is 18.6. The van der Waals surface area contributed by atoms with Gasteiger partial charge in [0.1, 0.15) is 59.4 Å². The topological polar surface area (TPSA) is 486 Å². The molecule has 0 saturated carbocycles. The molecule has 0 spiro atoms. The molecular formula is C69H81Cl2N7O23. The van der Waals surface area contributed by atoms with Gasteiger partial charge in [-0.1, -0.05) is 55.2 Å². The maximum atomic E-state index is 16.1. The molecule has 544 valence electrons. The maximum absolute atomic E-state index is 16.1. The van der Waals surface area contributed by atoms with Gasteiger partial charge in [0.2, 0.25) is 41.6 Å². The summed E-state index contributed by atoms with van der Waals surface area (Å²) in [6, 6.07) is 5.96. The Hall–Kier alpha value is -8.60. The molecule has 11 bridgehead atoms. The number of primary amides is 1. The first-order valence-corrected chi connectivity index (χ1v) is 33.1. The smallest absolute Gasteiger partial charge is 0.330 e. The lowest BCUT2D eigenvalue weighted by Crippen LogP contribution is -2.64. The van der Waals surface area contributed by atoms with Crippen molar-refractivity contribution in [2.24, 2.45) is 29.2 Å². The van der Waals surface area contributed by atoms with Crippen LogP contribution in [0.1, 0.15) is 125 Å². The number of aryl methyl sites for hydroxylation is 1. The summed E-state index contributed by atoms with van der Waals surface area (Å²) in [5, 5.41) is 115. The highest BCUT2D eigenvalue weighted by atomic mass is 35.5. The number of carboxylic acids is 1. The van der Waals surface area contributed by atoms with E-state index < -0.39 is 216 Å². The van der Waals surface area contributed by atoms with Crippen molar-refractivity contribution in [3.63, 3.8) is 0 Å². The van der Waals surface area contributed by atoms with Crippen molar-refractivity contribution in [1.82, 2.24) is 26.6 Å². The van der Waals surface area contributed by atoms with Crippen molar-refractivity contribution >= 4 is 70.3 Å². The summed E-state index contributed by atoms with van der Waals surface area (Å²) in [4.78, 5) is 118. The van der Waals surface area contributed by atoms with Crippen molar-refractivity contribution in [3.05, 3.63) is 122 Å². The molecule has 5 aromatic rings. The molecule has 2 saturated heterocycles. The Morgan fingerprint density at radius 2 is 1.38 bits per heavy atom. The van der Waals surface area contributed by atoms with E-state index in [4.69, 9.17) is 63.1 Å². The Labute approximate surface area is 589 Å². The largest absolute Gasteiger partial charge is 0.508 e. The maximum Gasteiger partial charge on any atom is 0.330 e. The number of hydrogen-bond donors (Lipinski definition) is 16. The number of benzene rings is 5. The number of aliphatic hydroxyl groups excluding tert-OH is 6. The molecule has 101 heavy (non-hydrogen) atoms. The molecule has 1 unspecified atom stereocenters. The van der Waals surface area contributed by atoms with Crippen LogP contribution in [0, 0.1) is 24.7 Å². The Kier molecular flexibility index (Phi) is 22.7. The van der Waals surface area contributed by atoms with Gasteiger partial charge in [0.25, 0.3) is 0 Å². The summed E-state index contributed by atoms with van der Waals surface area (Å²) < 4.78 is 38.5. The number of hydrogen-bond acceptors (Lipinski definition) is 24. The number of aliphatic hydroxyl groups is 6. The van der Waals surface area contributed by atoms with E-state index in [1.165, 1.54) is 76.3 Å². The van der Waals surface area contributed by atoms with Crippen LogP contribution in [-0.2, 0) is 52.6 Å². The van der Waals surface area contributed by atoms with E-state index in [0.29, 0.717) is 0 Å². The van der Waals surface area contributed by atoms with Crippen LogP contribution in [0.2, 0.25) is 10.0 Å². The third kappa shape index (κ3) is 16.0. The Morgan fingerprint density at radius 1 is 0.752 bits per heavy atom. The number of ketones is 2. The number of carbonyl (C=O) groups is 8. The number of Topliss-reactive ketones (excluding diaryl/α,β-unsaturated/α-hetero) is 2. The standard InChI is InChI=1S/C69H79Cl2N7O23.H2/c1-26(2)13-40(74-6)43(82)21-36-56(85)30-8-11-45(38(70)16-30)97-47-18-32-19-48(60(47)101-68-61(59(88)58(87)49(25-79)99-68)100-51-24-69(5,73)62(89)28(4)96-51)98-46-12-9-31(17-39(46)71)57(86)37-22-44(83)53(76-66(93)54(32)77-65(92)41(23-50(72)84)75-63(36)90)29-7-10-42(81)34(15-29)52-27(3)14-33(80)20-35(52)55(67(94)95)78-64(37)91;/h7-12,14-20,26,28,36-37,40-41,49,51,53-59,61-62,68,74,79-81,85-89H,13,21-25,73H2,1-6H3,(H2,72,84)(H,75,90)(H,76,93)(H,77,92)(H,78,91)(H,94,95);1H/t28-,36+,37-,40+,41-,49+,51?,53+,54+,55-,56+,57+,58+,59-,61+,62+,68-,69-;/m0./s1. The van der Waals surface area contributed by atoms with E-state index in [2.05, 4.69) is 26.6 Å². The van der Waals surface area contributed by atoms with E-state index in [0.717, 1.165) is 30.3 Å². The Bertz CT molecular complexity index is 4070. The number of phenolic OH excluding ortho intramolecular Hbond substituents is 2. The van der Waals surface area contributed by atoms with Crippen LogP contribution < -0.4 is 52.3 Å². The van der Waals surface area contributed by atoms with Gasteiger partial charge in [-0.15, -0.1) is 0 Å². The average Bonchev–Trinajstić information content (AvgIpc) is 0.773. The van der Waals surface area contributed by atoms with Gasteiger partial charge in [0.15, 0.2) is 41.5 Å². The van der Waals surface area contributed by atoms with E-state index in [1.54, 1.807) is 0 Å². The summed E-state index contributed by atoms with van der Waals surface area (Å²) in [6.45, 7) is 7.24. The molecule has 2 fully saturated rings. The number of carbonyl (C=O) groups excluding carboxylic acids is 7. The van der Waals surface area contributed by atoms with Gasteiger partial charge in [0, 0.05) is 31.8 Å². The number of phenols is 2. The number of aromatic hydroxyl groups is 2. The number of rotatable bonds is 14. The fourth-order valence-electron chi connectivity index (χ4n) is 13.3. The van der Waals surface area contributed by atoms with E-state index in [-0.39, 0.29) is 80.7 Å². The molecule has 0 radical (unpaired) electrons. The normalized spacial score (nSPS) is 29.6. The quantitative estimate of drug-likeness (QED) is 0.0759. The minimum absolute atomic E-state index is 0. The predicted molar refractivity (Wildman–Crippen MR) is 357 cm³/mol. The summed E-state index contributed by atoms with van der Waals surface area (Å²) in [5.74, 6) is -16.8. The number of carboxylic acid groups (broad SMARTS) is 1. The number of nitrogens with two attached hydrogens (primary N) is 2. The number of likely N-dealkylation sites (N-methyl/N-ethyl adjacent to an activating group) is 1. The van der Waals surface area contributed by atoms with Gasteiger partial charge < -0.3 is 112 Å². The van der Waals surface area contributed by atoms with Gasteiger partial charge >= 0.3 is 5.97 Å². The van der Waals surface area contributed by atoms with Crippen LogP contribution in [0.25, 0.3) is 11.1 Å². The second kappa shape index (κ2) is 30.5. The summed E-state index contributed by atoms with van der Waals surface area (Å²) in [7, 11) is 1.52. The van der Waals surface area contributed by atoms with E-state index >= 15 is 14.4 Å². The second-order valence-corrected chi connectivity index (χ2v) is 27.4. The fourth-order valence-corrected chi connectivity index (χ4v) is 13.7. The highest BCUT2D eigenvalue weighted by Gasteiger charge is 2.51. The minimum Gasteiger partial charge on any atom is -0.508 e. The fraction of sp³-hybridized carbons (Fsp3) is 0.449. The zero-order chi connectivity index (χ0) is 73.5. The summed E-state index contributed by atoms with van der Waals surface area (Å²) in [6.07, 6.45) is -19.6. The summed E-state index contributed by atoms with van der Waals surface area (Å²) >= 11 is 14.2. The molecule has 18 atom stereocenters. The molecule has 7 heterocycles. The van der Waals surface area contributed by atoms with Gasteiger partial charge in [-0.25, -0.2) is 4.79 Å². The van der Waals surface area contributed by atoms with Crippen molar-refractivity contribution in [2.75, 3.05) is 13.7 Å². The number of aliphatic carboxylic acids is 1. The van der Waals surface area contributed by atoms with Crippen molar-refractivity contribution in [3.8, 4) is 51.4 Å². The highest BCUT2D eigenvalue weighted by Crippen LogP contribution is 2.50. The van der Waals surface area contributed by atoms with Crippen molar-refractivity contribution in [1.29, 1.82) is 0 Å². The number of fused-ring (bicyclic) bond motifs is 15. The average molecular weight is 1450 g/mol. The lowest BCUT2D eigenvalue weighted by atomic mass is 9.84. The first-order chi connectivity index (χ1) is 47.7. The molecule has 7 aliphatic heterocycles. The monoisotopic (exact) mass is 1450 g/mol. The van der Waals surface area contributed by atoms with Crippen LogP contribution in [0.4, 0.5) is 0 Å². The molecular weight excluding hydrogens is 1370 g/mol. The molecule has 5 aromatic carbocycles. The van der Waals surface area contributed by atoms with Crippen LogP contribution in [-0.4, -0.2) is 174 Å². The van der Waals surface area contributed by atoms with Crippen molar-refractivity contribution in [2.45, 2.75) is 164 Å². The van der Waals surface area contributed by atoms with Gasteiger partial charge in [0.05, 0.1) is 65.4 Å². The summed E-state index contributed by atoms with van der Waals surface area (Å²) in [5.41, 5.74) is 9.68. The van der Waals surface area contributed by atoms with Crippen LogP contribution in [0.5, 0.6) is 40.2 Å². The first-order valence-electron chi connectivity index (χ1n) is 32.3. The molecule has 32 heteroatoms. The Balaban J connectivity index is 0.0000121. The second-order valence-electron chi connectivity index (χ2n) is 26.6. The highest BCUT2D eigenvalue weighted by molar-refractivity contribution is 6.32. The van der Waals surface area contributed by atoms with Crippen LogP contribution in [0.15, 0.2) is 78.9 Å². The molecule has 12 rings (SSSR count). The molecule has 5 amide bonds. The molecule has 0 aliphatic carbocycles. The first kappa shape index (κ1) is 75.1. The lowest BCUT2D eigenvalue weighted by Gasteiger charge is -2.47. The zero-order valence-corrected chi connectivity index (χ0v) is 56.8. The van der Waals surface area contributed by atoms with Gasteiger partial charge in [-0.3, -0.25) is 33.6 Å². The van der Waals surface area contributed by atoms with Gasteiger partial charge in [-0.2, -0.15) is 0 Å². The lowest BCUT2D eigenvalue weighted by molar-refractivity contribution is -0.333. The van der Waals surface area contributed by atoms with E-state index in [9.17, 15) is 69.9 Å². The molecule has 18 N–H and O–H groups in total. The SMILES string of the molecule is CN[C@H](CC(C)C)C(=O)C[C@H]1C(=O)N[C@@H](CC(N)=O)C(=O)N[C@H]2C(=O)N[C@H]3C(=O)C[C@H](C(=O)N[C@H](C(=O)O)c4cc(O)cc(C)c4-c4cc3ccc4O)[C@H](O)c3ccc(c(Cl)c3)Oc3cc2cc(c3O[C@@H]2O[C@H](CO)[C@@H](O)[C@H](O)[C@H]2OC2C[C@](C)(N)[C@H](O)[C@H](C)O2)Oc2ccc(cc2Cl)[C@H]1O.[HH]. The number of ether oxygens (including phenoxy) is 6. The molecule has 0 aromatic heterocycles. The number of halogens is 2. The van der Waals surface area contributed by atoms with Crippen LogP contribution in [0.3, 0.4) is 0 Å². The van der Waals surface area contributed by atoms with Crippen LogP contribution >= 0.6 is 23.2 Å². The molecule has 7 aliphatic rings. The third-order valence-corrected chi connectivity index (χ3v) is 19.2. The van der Waals surface area contributed by atoms with E-state index in [1.807, 2.05) is 13.8 Å². The van der Waals surface area contributed by atoms with Crippen molar-refractivity contribution < 1.29 is 114 Å². The minimum atomic E-state index is -2.26. The Morgan fingerprint density at radius 3 is 1.96 bits per heavy atom. The van der Waals surface area contributed by atoms with Gasteiger partial charge in [-0.05, 0) is 140 Å². The zero-order valence-electron chi connectivity index (χ0n) is 55.3. The number of amides is 5. The predicted octanol–water partition coefficient (Wildman–Crippen LogP) is 3.14.